The minimum Gasteiger partial charge on any atom is -0.466 e. The number of ether oxygens (including phenoxy) is 4. The molecule has 4 rings (SSSR count). The molecule has 0 saturated heterocycles. The number of hydrogen-bond donors (Lipinski definition) is 0. The van der Waals surface area contributed by atoms with Gasteiger partial charge in [0.1, 0.15) is 11.1 Å². The summed E-state index contributed by atoms with van der Waals surface area (Å²) in [5.41, 5.74) is -2.37. The molecule has 0 aromatic heterocycles. The lowest BCUT2D eigenvalue weighted by Crippen LogP contribution is -2.47. The standard InChI is InChI=1S/C23H21NO7/c1-24(14-10-6-5-7-11-14)23-16-13-9-8-12-15(16)22(31-23,21(27)30-4)17(19(25)28-2)18(23)20(26)29-3/h5-13H,1-4H3/t22-,23+/m0/s1. The fourth-order valence-electron chi connectivity index (χ4n) is 4.47. The van der Waals surface area contributed by atoms with Crippen LogP contribution in [0, 0.1) is 0 Å². The Hall–Kier alpha value is -3.65. The summed E-state index contributed by atoms with van der Waals surface area (Å²) in [5, 5.41) is 0. The third kappa shape index (κ3) is 2.48. The summed E-state index contributed by atoms with van der Waals surface area (Å²) in [5.74, 6) is -2.55. The number of carbonyl (C=O) groups excluding carboxylic acids is 3. The molecule has 0 aliphatic carbocycles. The molecule has 2 atom stereocenters. The predicted molar refractivity (Wildman–Crippen MR) is 109 cm³/mol. The Morgan fingerprint density at radius 3 is 1.90 bits per heavy atom. The fourth-order valence-corrected chi connectivity index (χ4v) is 4.47. The highest BCUT2D eigenvalue weighted by Crippen LogP contribution is 2.63. The van der Waals surface area contributed by atoms with E-state index in [0.29, 0.717) is 16.8 Å². The number of fused-ring (bicyclic) bond motifs is 5. The lowest BCUT2D eigenvalue weighted by Gasteiger charge is -2.39. The number of para-hydroxylation sites is 1. The molecule has 2 aliphatic heterocycles. The van der Waals surface area contributed by atoms with Crippen molar-refractivity contribution in [2.45, 2.75) is 11.3 Å². The highest BCUT2D eigenvalue weighted by atomic mass is 16.6. The van der Waals surface area contributed by atoms with Crippen LogP contribution in [-0.4, -0.2) is 46.3 Å². The van der Waals surface area contributed by atoms with Crippen LogP contribution in [0.1, 0.15) is 11.1 Å². The van der Waals surface area contributed by atoms with Gasteiger partial charge in [0, 0.05) is 23.9 Å². The largest absolute Gasteiger partial charge is 0.466 e. The normalized spacial score (nSPS) is 23.2. The number of hydrogen-bond acceptors (Lipinski definition) is 8. The molecule has 2 aliphatic rings. The lowest BCUT2D eigenvalue weighted by molar-refractivity contribution is -0.174. The van der Waals surface area contributed by atoms with Gasteiger partial charge < -0.3 is 23.8 Å². The van der Waals surface area contributed by atoms with Gasteiger partial charge in [-0.25, -0.2) is 14.4 Å². The van der Waals surface area contributed by atoms with Gasteiger partial charge in [-0.1, -0.05) is 42.5 Å². The van der Waals surface area contributed by atoms with Gasteiger partial charge in [0.15, 0.2) is 0 Å². The van der Waals surface area contributed by atoms with Crippen LogP contribution < -0.4 is 4.90 Å². The Bertz CT molecular complexity index is 1110. The number of anilines is 1. The van der Waals surface area contributed by atoms with Gasteiger partial charge in [-0.2, -0.15) is 0 Å². The number of nitrogens with zero attached hydrogens (tertiary/aromatic N) is 1. The second-order valence-electron chi connectivity index (χ2n) is 7.09. The van der Waals surface area contributed by atoms with E-state index in [9.17, 15) is 14.4 Å². The Morgan fingerprint density at radius 1 is 0.774 bits per heavy atom. The molecule has 0 unspecified atom stereocenters. The topological polar surface area (TPSA) is 91.4 Å². The first-order valence-corrected chi connectivity index (χ1v) is 9.49. The van der Waals surface area contributed by atoms with E-state index in [2.05, 4.69) is 0 Å². The zero-order chi connectivity index (χ0) is 22.4. The van der Waals surface area contributed by atoms with Gasteiger partial charge >= 0.3 is 17.9 Å². The summed E-state index contributed by atoms with van der Waals surface area (Å²) in [4.78, 5) is 40.9. The Labute approximate surface area is 179 Å². The molecule has 31 heavy (non-hydrogen) atoms. The minimum atomic E-state index is -1.98. The van der Waals surface area contributed by atoms with Gasteiger partial charge in [-0.15, -0.1) is 0 Å². The first-order chi connectivity index (χ1) is 14.9. The zero-order valence-electron chi connectivity index (χ0n) is 17.5. The van der Waals surface area contributed by atoms with Crippen LogP contribution in [-0.2, 0) is 44.7 Å². The van der Waals surface area contributed by atoms with E-state index in [0.717, 1.165) is 0 Å². The number of rotatable bonds is 5. The number of methoxy groups -OCH3 is 3. The Balaban J connectivity index is 2.14. The van der Waals surface area contributed by atoms with Crippen LogP contribution >= 0.6 is 0 Å². The van der Waals surface area contributed by atoms with E-state index >= 15 is 0 Å². The molecule has 0 fully saturated rings. The van der Waals surface area contributed by atoms with Crippen LogP contribution in [0.2, 0.25) is 0 Å². The van der Waals surface area contributed by atoms with E-state index in [1.807, 2.05) is 30.3 Å². The van der Waals surface area contributed by atoms with Crippen LogP contribution in [0.15, 0.2) is 65.7 Å². The molecule has 8 nitrogen and oxygen atoms in total. The summed E-state index contributed by atoms with van der Waals surface area (Å²) in [7, 11) is 5.27. The SMILES string of the molecule is COC(=O)C1=C(C(=O)OC)[C@]2(N(C)c3ccccc3)O[C@@]1(C(=O)OC)c1ccccc12. The molecule has 2 aromatic rings. The molecule has 160 valence electrons. The third-order valence-corrected chi connectivity index (χ3v) is 5.78. The van der Waals surface area contributed by atoms with Gasteiger partial charge in [0.2, 0.25) is 11.3 Å². The van der Waals surface area contributed by atoms with E-state index < -0.39 is 29.2 Å². The van der Waals surface area contributed by atoms with Crippen molar-refractivity contribution in [3.05, 3.63) is 76.9 Å². The number of benzene rings is 2. The van der Waals surface area contributed by atoms with Gasteiger partial charge in [0.05, 0.1) is 21.3 Å². The van der Waals surface area contributed by atoms with Crippen molar-refractivity contribution in [3.63, 3.8) is 0 Å². The van der Waals surface area contributed by atoms with Gasteiger partial charge in [-0.05, 0) is 12.1 Å². The van der Waals surface area contributed by atoms with Crippen molar-refractivity contribution in [2.24, 2.45) is 0 Å². The molecule has 8 heteroatoms. The average molecular weight is 423 g/mol. The predicted octanol–water partition coefficient (Wildman–Crippen LogP) is 2.03. The van der Waals surface area contributed by atoms with Gasteiger partial charge in [-0.3, -0.25) is 0 Å². The summed E-state index contributed by atoms with van der Waals surface area (Å²) in [6, 6.07) is 16.1. The van der Waals surface area contributed by atoms with E-state index in [1.54, 1.807) is 36.2 Å². The number of likely N-dealkylation sites (N-methyl/N-ethyl adjacent to an activating group) is 1. The molecule has 0 radical (unpaired) electrons. The Kier molecular flexibility index (Phi) is 4.82. The van der Waals surface area contributed by atoms with E-state index in [-0.39, 0.29) is 11.1 Å². The quantitative estimate of drug-likeness (QED) is 0.533. The summed E-state index contributed by atoms with van der Waals surface area (Å²) >= 11 is 0. The summed E-state index contributed by atoms with van der Waals surface area (Å²) in [6.07, 6.45) is 0. The maximum atomic E-state index is 13.2. The van der Waals surface area contributed by atoms with Crippen LogP contribution in [0.3, 0.4) is 0 Å². The van der Waals surface area contributed by atoms with Crippen molar-refractivity contribution in [1.82, 2.24) is 0 Å². The zero-order valence-corrected chi connectivity index (χ0v) is 17.5. The monoisotopic (exact) mass is 423 g/mol. The lowest BCUT2D eigenvalue weighted by atomic mass is 9.74. The van der Waals surface area contributed by atoms with Crippen LogP contribution in [0.25, 0.3) is 0 Å². The molecule has 0 amide bonds. The van der Waals surface area contributed by atoms with Crippen molar-refractivity contribution < 1.29 is 33.3 Å². The molecule has 2 aromatic carbocycles. The van der Waals surface area contributed by atoms with Crippen LogP contribution in [0.4, 0.5) is 5.69 Å². The summed E-state index contributed by atoms with van der Waals surface area (Å²) < 4.78 is 21.5. The minimum absolute atomic E-state index is 0.127. The fraction of sp³-hybridized carbons (Fsp3) is 0.261. The molecule has 2 heterocycles. The molecule has 0 spiro atoms. The second kappa shape index (κ2) is 7.24. The second-order valence-corrected chi connectivity index (χ2v) is 7.09. The smallest absolute Gasteiger partial charge is 0.348 e. The Morgan fingerprint density at radius 2 is 1.32 bits per heavy atom. The first-order valence-electron chi connectivity index (χ1n) is 9.49. The van der Waals surface area contributed by atoms with Crippen molar-refractivity contribution in [2.75, 3.05) is 33.3 Å². The van der Waals surface area contributed by atoms with Crippen molar-refractivity contribution >= 4 is 23.6 Å². The number of carbonyl (C=O) groups is 3. The molecular weight excluding hydrogens is 402 g/mol. The molecular formula is C23H21NO7. The van der Waals surface area contributed by atoms with Crippen LogP contribution in [0.5, 0.6) is 0 Å². The van der Waals surface area contributed by atoms with Gasteiger partial charge in [0.25, 0.3) is 0 Å². The summed E-state index contributed by atoms with van der Waals surface area (Å²) in [6.45, 7) is 0. The first kappa shape index (κ1) is 20.6. The maximum Gasteiger partial charge on any atom is 0.348 e. The molecule has 0 N–H and O–H groups in total. The van der Waals surface area contributed by atoms with E-state index in [4.69, 9.17) is 18.9 Å². The number of esters is 3. The maximum absolute atomic E-state index is 13.2. The highest BCUT2D eigenvalue weighted by Gasteiger charge is 2.73. The molecule has 0 saturated carbocycles. The van der Waals surface area contributed by atoms with Crippen molar-refractivity contribution in [1.29, 1.82) is 0 Å². The molecule has 2 bridgehead atoms. The highest BCUT2D eigenvalue weighted by molar-refractivity contribution is 6.12. The third-order valence-electron chi connectivity index (χ3n) is 5.78. The average Bonchev–Trinajstić information content (AvgIpc) is 3.32. The van der Waals surface area contributed by atoms with E-state index in [1.165, 1.54) is 21.3 Å². The van der Waals surface area contributed by atoms with Crippen molar-refractivity contribution in [3.8, 4) is 0 Å².